The van der Waals surface area contributed by atoms with E-state index in [4.69, 9.17) is 0 Å². The zero-order valence-corrected chi connectivity index (χ0v) is 15.4. The molecule has 1 aliphatic carbocycles. The molecule has 1 aromatic rings. The van der Waals surface area contributed by atoms with Gasteiger partial charge in [0.05, 0.1) is 5.92 Å². The first-order valence-corrected chi connectivity index (χ1v) is 9.23. The van der Waals surface area contributed by atoms with Crippen molar-refractivity contribution in [2.75, 3.05) is 13.6 Å². The Morgan fingerprint density at radius 2 is 2.08 bits per heavy atom. The minimum Gasteiger partial charge on any atom is -0.341 e. The van der Waals surface area contributed by atoms with Crippen LogP contribution >= 0.6 is 15.9 Å². The second-order valence-electron chi connectivity index (χ2n) is 6.82. The molecule has 24 heavy (non-hydrogen) atoms. The van der Waals surface area contributed by atoms with Crippen LogP contribution in [0.5, 0.6) is 0 Å². The summed E-state index contributed by atoms with van der Waals surface area (Å²) >= 11 is 3.32. The number of hydrogen-bond acceptors (Lipinski definition) is 2. The summed E-state index contributed by atoms with van der Waals surface area (Å²) in [5.41, 5.74) is 0.470. The molecule has 6 heteroatoms. The number of likely N-dealkylation sites (tertiary alicyclic amines) is 1. The number of rotatable bonds is 4. The fourth-order valence-corrected chi connectivity index (χ4v) is 4.18. The largest absolute Gasteiger partial charge is 0.341 e. The minimum absolute atomic E-state index is 0.0803. The summed E-state index contributed by atoms with van der Waals surface area (Å²) in [6, 6.07) is 5.01. The summed E-state index contributed by atoms with van der Waals surface area (Å²) in [5.74, 6) is -0.628. The van der Waals surface area contributed by atoms with Crippen LogP contribution in [-0.2, 0) is 16.1 Å². The topological polar surface area (TPSA) is 40.6 Å². The van der Waals surface area contributed by atoms with Crippen LogP contribution in [0.1, 0.15) is 37.7 Å². The molecule has 0 aromatic heterocycles. The van der Waals surface area contributed by atoms with E-state index in [1.807, 2.05) is 4.90 Å². The van der Waals surface area contributed by atoms with E-state index in [9.17, 15) is 14.0 Å². The Morgan fingerprint density at radius 1 is 1.38 bits per heavy atom. The van der Waals surface area contributed by atoms with E-state index in [0.29, 0.717) is 18.2 Å². The van der Waals surface area contributed by atoms with Crippen molar-refractivity contribution < 1.29 is 14.0 Å². The predicted molar refractivity (Wildman–Crippen MR) is 92.7 cm³/mol. The van der Waals surface area contributed by atoms with Crippen LogP contribution in [0.3, 0.4) is 0 Å². The van der Waals surface area contributed by atoms with Gasteiger partial charge in [-0.2, -0.15) is 0 Å². The number of benzene rings is 1. The van der Waals surface area contributed by atoms with E-state index < -0.39 is 0 Å². The maximum absolute atomic E-state index is 13.9. The number of halogens is 2. The van der Waals surface area contributed by atoms with Gasteiger partial charge in [-0.1, -0.05) is 28.8 Å². The van der Waals surface area contributed by atoms with Crippen molar-refractivity contribution in [2.24, 2.45) is 5.92 Å². The second kappa shape index (κ2) is 7.21. The van der Waals surface area contributed by atoms with Gasteiger partial charge in [-0.05, 0) is 31.0 Å². The first-order chi connectivity index (χ1) is 11.5. The van der Waals surface area contributed by atoms with Crippen molar-refractivity contribution >= 4 is 27.7 Å². The highest BCUT2D eigenvalue weighted by atomic mass is 79.9. The molecule has 1 unspecified atom stereocenters. The molecule has 130 valence electrons. The molecule has 0 spiro atoms. The fraction of sp³-hybridized carbons (Fsp3) is 0.556. The Labute approximate surface area is 150 Å². The van der Waals surface area contributed by atoms with Gasteiger partial charge in [0.1, 0.15) is 5.82 Å². The molecule has 1 heterocycles. The van der Waals surface area contributed by atoms with Gasteiger partial charge >= 0.3 is 0 Å². The molecule has 4 nitrogen and oxygen atoms in total. The van der Waals surface area contributed by atoms with Crippen LogP contribution in [0.2, 0.25) is 0 Å². The third-order valence-corrected chi connectivity index (χ3v) is 5.56. The maximum atomic E-state index is 13.9. The van der Waals surface area contributed by atoms with Crippen LogP contribution in [0.4, 0.5) is 4.39 Å². The van der Waals surface area contributed by atoms with Gasteiger partial charge in [-0.15, -0.1) is 0 Å². The van der Waals surface area contributed by atoms with Crippen LogP contribution in [-0.4, -0.2) is 41.2 Å². The first-order valence-electron chi connectivity index (χ1n) is 8.44. The minimum atomic E-state index is -0.326. The standard InChI is InChI=1S/C18H22BrFN2O2/c1-21(10-12-8-14(19)6-7-16(12)20)18(24)13-9-17(23)22(11-13)15-4-2-3-5-15/h6-8,13,15H,2-5,9-11H2,1H3. The van der Waals surface area contributed by atoms with E-state index in [2.05, 4.69) is 15.9 Å². The van der Waals surface area contributed by atoms with Crippen molar-refractivity contribution in [1.82, 2.24) is 9.80 Å². The molecular formula is C18H22BrFN2O2. The summed E-state index contributed by atoms with van der Waals surface area (Å²) in [6.07, 6.45) is 4.70. The van der Waals surface area contributed by atoms with Gasteiger partial charge in [0, 0.05) is 42.6 Å². The number of carbonyl (C=O) groups is 2. The van der Waals surface area contributed by atoms with E-state index in [-0.39, 0.29) is 36.5 Å². The molecule has 2 aliphatic rings. The smallest absolute Gasteiger partial charge is 0.228 e. The van der Waals surface area contributed by atoms with E-state index in [0.717, 1.165) is 30.2 Å². The van der Waals surface area contributed by atoms with Crippen molar-refractivity contribution in [3.05, 3.63) is 34.1 Å². The molecule has 1 aromatic carbocycles. The summed E-state index contributed by atoms with van der Waals surface area (Å²) in [5, 5.41) is 0. The molecule has 1 saturated heterocycles. The SMILES string of the molecule is CN(Cc1cc(Br)ccc1F)C(=O)C1CC(=O)N(C2CCCC2)C1. The van der Waals surface area contributed by atoms with Crippen molar-refractivity contribution in [3.63, 3.8) is 0 Å². The Kier molecular flexibility index (Phi) is 5.23. The molecule has 3 rings (SSSR count). The summed E-state index contributed by atoms with van der Waals surface area (Å²) in [4.78, 5) is 28.3. The zero-order valence-electron chi connectivity index (χ0n) is 13.8. The molecule has 2 amide bonds. The highest BCUT2D eigenvalue weighted by molar-refractivity contribution is 9.10. The van der Waals surface area contributed by atoms with Crippen molar-refractivity contribution in [2.45, 2.75) is 44.7 Å². The predicted octanol–water partition coefficient (Wildman–Crippen LogP) is 3.34. The normalized spacial score (nSPS) is 21.5. The average molecular weight is 397 g/mol. The van der Waals surface area contributed by atoms with Crippen LogP contribution < -0.4 is 0 Å². The maximum Gasteiger partial charge on any atom is 0.228 e. The van der Waals surface area contributed by atoms with Gasteiger partial charge < -0.3 is 9.80 Å². The fourth-order valence-electron chi connectivity index (χ4n) is 3.78. The van der Waals surface area contributed by atoms with Crippen molar-refractivity contribution in [1.29, 1.82) is 0 Å². The molecule has 0 bridgehead atoms. The molecule has 1 saturated carbocycles. The lowest BCUT2D eigenvalue weighted by Crippen LogP contribution is -2.37. The van der Waals surface area contributed by atoms with Gasteiger partial charge in [-0.3, -0.25) is 9.59 Å². The molecule has 0 radical (unpaired) electrons. The average Bonchev–Trinajstić information content (AvgIpc) is 3.19. The Hall–Kier alpha value is -1.43. The zero-order chi connectivity index (χ0) is 17.3. The molecule has 0 N–H and O–H groups in total. The molecule has 1 aliphatic heterocycles. The summed E-state index contributed by atoms with van der Waals surface area (Å²) in [7, 11) is 1.67. The third-order valence-electron chi connectivity index (χ3n) is 5.06. The molecule has 1 atom stereocenters. The first kappa shape index (κ1) is 17.4. The highest BCUT2D eigenvalue weighted by Crippen LogP contribution is 2.30. The number of carbonyl (C=O) groups excluding carboxylic acids is 2. The lowest BCUT2D eigenvalue weighted by atomic mass is 10.1. The highest BCUT2D eigenvalue weighted by Gasteiger charge is 2.39. The van der Waals surface area contributed by atoms with Gasteiger partial charge in [0.25, 0.3) is 0 Å². The number of nitrogens with zero attached hydrogens (tertiary/aromatic N) is 2. The summed E-state index contributed by atoms with van der Waals surface area (Å²) < 4.78 is 14.7. The van der Waals surface area contributed by atoms with Crippen molar-refractivity contribution in [3.8, 4) is 0 Å². The Bertz CT molecular complexity index is 646. The molecular weight excluding hydrogens is 375 g/mol. The number of hydrogen-bond donors (Lipinski definition) is 0. The quantitative estimate of drug-likeness (QED) is 0.782. The number of amides is 2. The van der Waals surface area contributed by atoms with E-state index >= 15 is 0 Å². The molecule has 2 fully saturated rings. The Morgan fingerprint density at radius 3 is 2.79 bits per heavy atom. The lowest BCUT2D eigenvalue weighted by molar-refractivity contribution is -0.135. The van der Waals surface area contributed by atoms with Gasteiger partial charge in [0.2, 0.25) is 11.8 Å². The monoisotopic (exact) mass is 396 g/mol. The summed E-state index contributed by atoms with van der Waals surface area (Å²) in [6.45, 7) is 0.714. The Balaban J connectivity index is 1.63. The van der Waals surface area contributed by atoms with E-state index in [1.165, 1.54) is 11.0 Å². The van der Waals surface area contributed by atoms with Crippen LogP contribution in [0.25, 0.3) is 0 Å². The lowest BCUT2D eigenvalue weighted by Gasteiger charge is -2.25. The van der Waals surface area contributed by atoms with Crippen LogP contribution in [0, 0.1) is 11.7 Å². The van der Waals surface area contributed by atoms with Gasteiger partial charge in [-0.25, -0.2) is 4.39 Å². The second-order valence-corrected chi connectivity index (χ2v) is 7.73. The van der Waals surface area contributed by atoms with Gasteiger partial charge in [0.15, 0.2) is 0 Å². The van der Waals surface area contributed by atoms with Crippen LogP contribution in [0.15, 0.2) is 22.7 Å². The van der Waals surface area contributed by atoms with E-state index in [1.54, 1.807) is 19.2 Å². The third kappa shape index (κ3) is 3.63.